The zero-order valence-electron chi connectivity index (χ0n) is 13.1. The van der Waals surface area contributed by atoms with Crippen LogP contribution >= 0.6 is 15.9 Å². The number of hydrogen-bond acceptors (Lipinski definition) is 3. The van der Waals surface area contributed by atoms with Gasteiger partial charge in [0, 0.05) is 15.8 Å². The average Bonchev–Trinajstić information content (AvgIpc) is 2.59. The molecule has 1 amide bonds. The number of nitrogens with one attached hydrogen (secondary N) is 2. The molecule has 0 spiro atoms. The molecule has 0 aliphatic heterocycles. The molecule has 0 aliphatic carbocycles. The first-order valence-electron chi connectivity index (χ1n) is 7.47. The highest BCUT2D eigenvalue weighted by molar-refractivity contribution is 9.10. The SMILES string of the molecule is Cc1ccccc1NC(=O)c1ccc(Nc2ccc(Br)cc2)cn1. The molecule has 0 aliphatic rings. The molecule has 0 bridgehead atoms. The van der Waals surface area contributed by atoms with Crippen LogP contribution in [0.4, 0.5) is 17.1 Å². The molecule has 120 valence electrons. The molecule has 0 unspecified atom stereocenters. The van der Waals surface area contributed by atoms with Gasteiger partial charge < -0.3 is 10.6 Å². The number of aromatic nitrogens is 1. The third kappa shape index (κ3) is 4.00. The number of carbonyl (C=O) groups is 1. The number of hydrogen-bond donors (Lipinski definition) is 2. The van der Waals surface area contributed by atoms with Crippen molar-refractivity contribution < 1.29 is 4.79 Å². The largest absolute Gasteiger partial charge is 0.354 e. The van der Waals surface area contributed by atoms with Crippen LogP contribution in [0.15, 0.2) is 71.3 Å². The maximum absolute atomic E-state index is 12.3. The molecule has 0 fully saturated rings. The monoisotopic (exact) mass is 381 g/mol. The van der Waals surface area contributed by atoms with Crippen LogP contribution in [0.2, 0.25) is 0 Å². The molecule has 24 heavy (non-hydrogen) atoms. The normalized spacial score (nSPS) is 10.2. The second-order valence-corrected chi connectivity index (χ2v) is 6.25. The highest BCUT2D eigenvalue weighted by Gasteiger charge is 2.09. The average molecular weight is 382 g/mol. The van der Waals surface area contributed by atoms with Crippen LogP contribution in [-0.2, 0) is 0 Å². The van der Waals surface area contributed by atoms with Crippen molar-refractivity contribution in [2.75, 3.05) is 10.6 Å². The van der Waals surface area contributed by atoms with Crippen molar-refractivity contribution in [3.05, 3.63) is 82.6 Å². The van der Waals surface area contributed by atoms with Gasteiger partial charge in [0.15, 0.2) is 0 Å². The lowest BCUT2D eigenvalue weighted by molar-refractivity contribution is 0.102. The highest BCUT2D eigenvalue weighted by Crippen LogP contribution is 2.19. The molecule has 2 aromatic carbocycles. The van der Waals surface area contributed by atoms with Crippen LogP contribution in [0, 0.1) is 6.92 Å². The van der Waals surface area contributed by atoms with E-state index in [0.29, 0.717) is 5.69 Å². The fraction of sp³-hybridized carbons (Fsp3) is 0.0526. The Morgan fingerprint density at radius 2 is 1.67 bits per heavy atom. The van der Waals surface area contributed by atoms with E-state index in [4.69, 9.17) is 0 Å². The molecule has 0 atom stereocenters. The number of halogens is 1. The summed E-state index contributed by atoms with van der Waals surface area (Å²) in [6.45, 7) is 1.95. The summed E-state index contributed by atoms with van der Waals surface area (Å²) >= 11 is 3.40. The van der Waals surface area contributed by atoms with E-state index in [2.05, 4.69) is 31.5 Å². The van der Waals surface area contributed by atoms with Gasteiger partial charge in [-0.3, -0.25) is 4.79 Å². The van der Waals surface area contributed by atoms with Crippen LogP contribution in [-0.4, -0.2) is 10.9 Å². The summed E-state index contributed by atoms with van der Waals surface area (Å²) in [6, 6.07) is 19.0. The van der Waals surface area contributed by atoms with Crippen LogP contribution in [0.5, 0.6) is 0 Å². The van der Waals surface area contributed by atoms with Gasteiger partial charge >= 0.3 is 0 Å². The maximum Gasteiger partial charge on any atom is 0.274 e. The predicted molar refractivity (Wildman–Crippen MR) is 101 cm³/mol. The van der Waals surface area contributed by atoms with Gasteiger partial charge in [0.05, 0.1) is 11.9 Å². The van der Waals surface area contributed by atoms with Crippen molar-refractivity contribution in [2.24, 2.45) is 0 Å². The Hall–Kier alpha value is -2.66. The summed E-state index contributed by atoms with van der Waals surface area (Å²) < 4.78 is 1.02. The number of nitrogens with zero attached hydrogens (tertiary/aromatic N) is 1. The van der Waals surface area contributed by atoms with Gasteiger partial charge in [0.1, 0.15) is 5.69 Å². The maximum atomic E-state index is 12.3. The number of carbonyl (C=O) groups excluding carboxylic acids is 1. The smallest absolute Gasteiger partial charge is 0.274 e. The Kier molecular flexibility index (Phi) is 4.91. The minimum Gasteiger partial charge on any atom is -0.354 e. The molecule has 0 saturated carbocycles. The van der Waals surface area contributed by atoms with Crippen molar-refractivity contribution in [3.8, 4) is 0 Å². The van der Waals surface area contributed by atoms with E-state index in [9.17, 15) is 4.79 Å². The molecule has 3 aromatic rings. The number of pyridine rings is 1. The summed E-state index contributed by atoms with van der Waals surface area (Å²) in [5.74, 6) is -0.223. The minimum absolute atomic E-state index is 0.223. The number of anilines is 3. The first-order valence-corrected chi connectivity index (χ1v) is 8.27. The van der Waals surface area contributed by atoms with Gasteiger partial charge in [-0.25, -0.2) is 4.98 Å². The summed E-state index contributed by atoms with van der Waals surface area (Å²) in [5, 5.41) is 6.12. The first-order chi connectivity index (χ1) is 11.6. The number of benzene rings is 2. The number of amides is 1. The van der Waals surface area contributed by atoms with E-state index < -0.39 is 0 Å². The van der Waals surface area contributed by atoms with Crippen molar-refractivity contribution in [1.29, 1.82) is 0 Å². The summed E-state index contributed by atoms with van der Waals surface area (Å²) in [5.41, 5.74) is 3.96. The van der Waals surface area contributed by atoms with Crippen molar-refractivity contribution in [2.45, 2.75) is 6.92 Å². The topological polar surface area (TPSA) is 54.0 Å². The molecule has 5 heteroatoms. The van der Waals surface area contributed by atoms with Gasteiger partial charge in [0.25, 0.3) is 5.91 Å². The Labute approximate surface area is 149 Å². The molecule has 1 heterocycles. The van der Waals surface area contributed by atoms with Gasteiger partial charge in [-0.05, 0) is 55.0 Å². The van der Waals surface area contributed by atoms with Gasteiger partial charge in [0.2, 0.25) is 0 Å². The molecule has 2 N–H and O–H groups in total. The second-order valence-electron chi connectivity index (χ2n) is 5.33. The van der Waals surface area contributed by atoms with Crippen LogP contribution in [0.1, 0.15) is 16.1 Å². The van der Waals surface area contributed by atoms with E-state index in [-0.39, 0.29) is 5.91 Å². The second kappa shape index (κ2) is 7.27. The summed E-state index contributed by atoms with van der Waals surface area (Å²) in [7, 11) is 0. The van der Waals surface area contributed by atoms with E-state index in [1.165, 1.54) is 0 Å². The molecule has 0 radical (unpaired) electrons. The summed E-state index contributed by atoms with van der Waals surface area (Å²) in [4.78, 5) is 16.5. The zero-order chi connectivity index (χ0) is 16.9. The zero-order valence-corrected chi connectivity index (χ0v) is 14.7. The Balaban J connectivity index is 1.68. The predicted octanol–water partition coefficient (Wildman–Crippen LogP) is 5.15. The molecule has 3 rings (SSSR count). The standard InChI is InChI=1S/C19H16BrN3O/c1-13-4-2-3-5-17(13)23-19(24)18-11-10-16(12-21-18)22-15-8-6-14(20)7-9-15/h2-12,22H,1H3,(H,23,24). The number of rotatable bonds is 4. The molecule has 4 nitrogen and oxygen atoms in total. The lowest BCUT2D eigenvalue weighted by Crippen LogP contribution is -2.14. The van der Waals surface area contributed by atoms with Crippen LogP contribution in [0.25, 0.3) is 0 Å². The molecule has 0 saturated heterocycles. The molecular weight excluding hydrogens is 366 g/mol. The fourth-order valence-electron chi connectivity index (χ4n) is 2.20. The third-order valence-electron chi connectivity index (χ3n) is 3.52. The first kappa shape index (κ1) is 16.2. The van der Waals surface area contributed by atoms with Crippen molar-refractivity contribution in [3.63, 3.8) is 0 Å². The van der Waals surface area contributed by atoms with E-state index in [1.54, 1.807) is 12.3 Å². The highest BCUT2D eigenvalue weighted by atomic mass is 79.9. The van der Waals surface area contributed by atoms with Crippen molar-refractivity contribution in [1.82, 2.24) is 4.98 Å². The molecular formula is C19H16BrN3O. The minimum atomic E-state index is -0.223. The lowest BCUT2D eigenvalue weighted by atomic mass is 10.2. The van der Waals surface area contributed by atoms with E-state index in [1.807, 2.05) is 61.5 Å². The van der Waals surface area contributed by atoms with Gasteiger partial charge in [-0.15, -0.1) is 0 Å². The van der Waals surface area contributed by atoms with Gasteiger partial charge in [-0.2, -0.15) is 0 Å². The quantitative estimate of drug-likeness (QED) is 0.656. The fourth-order valence-corrected chi connectivity index (χ4v) is 2.47. The summed E-state index contributed by atoms with van der Waals surface area (Å²) in [6.07, 6.45) is 1.65. The lowest BCUT2D eigenvalue weighted by Gasteiger charge is -2.09. The Morgan fingerprint density at radius 3 is 2.33 bits per heavy atom. The molecule has 1 aromatic heterocycles. The van der Waals surface area contributed by atoms with E-state index >= 15 is 0 Å². The van der Waals surface area contributed by atoms with E-state index in [0.717, 1.165) is 27.1 Å². The van der Waals surface area contributed by atoms with Gasteiger partial charge in [-0.1, -0.05) is 34.1 Å². The number of para-hydroxylation sites is 1. The number of aryl methyl sites for hydroxylation is 1. The van der Waals surface area contributed by atoms with Crippen LogP contribution in [0.3, 0.4) is 0 Å². The third-order valence-corrected chi connectivity index (χ3v) is 4.05. The Bertz CT molecular complexity index is 845. The van der Waals surface area contributed by atoms with Crippen molar-refractivity contribution >= 4 is 38.9 Å². The van der Waals surface area contributed by atoms with Crippen LogP contribution < -0.4 is 10.6 Å². The Morgan fingerprint density at radius 1 is 0.958 bits per heavy atom.